The minimum atomic E-state index is -0.240. The van der Waals surface area contributed by atoms with Crippen LogP contribution in [0.4, 0.5) is 10.5 Å². The quantitative estimate of drug-likeness (QED) is 0.736. The monoisotopic (exact) mass is 235 g/mol. The molecule has 1 aromatic rings. The van der Waals surface area contributed by atoms with Gasteiger partial charge in [0, 0.05) is 29.5 Å². The number of rotatable bonds is 4. The van der Waals surface area contributed by atoms with Crippen LogP contribution in [0.2, 0.25) is 0 Å². The van der Waals surface area contributed by atoms with Crippen LogP contribution in [0, 0.1) is 12.3 Å². The molecule has 1 aliphatic carbocycles. The topological polar surface area (TPSA) is 74.2 Å². The average molecular weight is 235 g/mol. The molecule has 0 aliphatic heterocycles. The number of hydrogen-bond donors (Lipinski definition) is 3. The third-order valence-electron chi connectivity index (χ3n) is 3.07. The van der Waals surface area contributed by atoms with Gasteiger partial charge in [0.25, 0.3) is 0 Å². The number of carbonyl (C=O) groups is 1. The molecule has 2 rings (SSSR count). The van der Waals surface area contributed by atoms with Gasteiger partial charge in [0.1, 0.15) is 0 Å². The Balaban J connectivity index is 1.81. The molecule has 5 heteroatoms. The first-order valence-corrected chi connectivity index (χ1v) is 5.72. The summed E-state index contributed by atoms with van der Waals surface area (Å²) < 4.78 is 0. The van der Waals surface area contributed by atoms with E-state index in [2.05, 4.69) is 15.6 Å². The average Bonchev–Trinajstić information content (AvgIpc) is 3.07. The van der Waals surface area contributed by atoms with Gasteiger partial charge in [-0.05, 0) is 31.9 Å². The number of hydrogen-bond acceptors (Lipinski definition) is 3. The van der Waals surface area contributed by atoms with Crippen molar-refractivity contribution in [2.75, 3.05) is 18.5 Å². The Morgan fingerprint density at radius 1 is 1.59 bits per heavy atom. The molecule has 1 aliphatic rings. The number of aryl methyl sites for hydroxylation is 1. The highest BCUT2D eigenvalue weighted by Gasteiger charge is 2.42. The van der Waals surface area contributed by atoms with Crippen LogP contribution < -0.4 is 10.6 Å². The van der Waals surface area contributed by atoms with Gasteiger partial charge in [-0.2, -0.15) is 0 Å². The van der Waals surface area contributed by atoms with Crippen LogP contribution in [-0.2, 0) is 0 Å². The third kappa shape index (κ3) is 3.17. The van der Waals surface area contributed by atoms with Gasteiger partial charge in [-0.15, -0.1) is 0 Å². The minimum Gasteiger partial charge on any atom is -0.396 e. The molecule has 0 unspecified atom stereocenters. The molecule has 92 valence electrons. The molecular formula is C12H17N3O2. The van der Waals surface area contributed by atoms with Gasteiger partial charge >= 0.3 is 6.03 Å². The second-order valence-corrected chi connectivity index (χ2v) is 4.65. The number of aromatic nitrogens is 1. The van der Waals surface area contributed by atoms with E-state index in [1.54, 1.807) is 18.3 Å². The number of nitrogens with zero attached hydrogens (tertiary/aromatic N) is 1. The Bertz CT molecular complexity index is 416. The van der Waals surface area contributed by atoms with Crippen LogP contribution in [-0.4, -0.2) is 29.3 Å². The van der Waals surface area contributed by atoms with Crippen LogP contribution in [0.3, 0.4) is 0 Å². The first-order chi connectivity index (χ1) is 8.13. The van der Waals surface area contributed by atoms with E-state index in [0.29, 0.717) is 6.54 Å². The first-order valence-electron chi connectivity index (χ1n) is 5.72. The van der Waals surface area contributed by atoms with Gasteiger partial charge < -0.3 is 15.7 Å². The number of anilines is 1. The van der Waals surface area contributed by atoms with Crippen LogP contribution in [0.25, 0.3) is 0 Å². The zero-order chi connectivity index (χ0) is 12.3. The largest absolute Gasteiger partial charge is 0.396 e. The van der Waals surface area contributed by atoms with Crippen molar-refractivity contribution < 1.29 is 9.90 Å². The number of aliphatic hydroxyl groups excluding tert-OH is 1. The summed E-state index contributed by atoms with van der Waals surface area (Å²) in [5.74, 6) is 0. The summed E-state index contributed by atoms with van der Waals surface area (Å²) in [6, 6.07) is 3.31. The van der Waals surface area contributed by atoms with Crippen molar-refractivity contribution in [2.45, 2.75) is 19.8 Å². The van der Waals surface area contributed by atoms with Gasteiger partial charge in [-0.25, -0.2) is 4.79 Å². The fraction of sp³-hybridized carbons (Fsp3) is 0.500. The molecule has 0 aromatic carbocycles. The van der Waals surface area contributed by atoms with E-state index in [1.807, 2.05) is 6.92 Å². The zero-order valence-electron chi connectivity index (χ0n) is 9.86. The van der Waals surface area contributed by atoms with Crippen LogP contribution in [0.15, 0.2) is 18.3 Å². The highest BCUT2D eigenvalue weighted by atomic mass is 16.3. The first kappa shape index (κ1) is 11.9. The molecule has 2 amide bonds. The van der Waals surface area contributed by atoms with Gasteiger partial charge in [0.15, 0.2) is 0 Å². The molecule has 0 radical (unpaired) electrons. The van der Waals surface area contributed by atoms with Crippen molar-refractivity contribution in [3.8, 4) is 0 Å². The van der Waals surface area contributed by atoms with Crippen molar-refractivity contribution in [1.82, 2.24) is 10.3 Å². The lowest BCUT2D eigenvalue weighted by atomic mass is 10.1. The van der Waals surface area contributed by atoms with E-state index in [4.69, 9.17) is 5.11 Å². The molecule has 17 heavy (non-hydrogen) atoms. The molecule has 0 saturated heterocycles. The summed E-state index contributed by atoms with van der Waals surface area (Å²) in [6.07, 6.45) is 3.62. The van der Waals surface area contributed by atoms with Gasteiger partial charge in [-0.1, -0.05) is 0 Å². The van der Waals surface area contributed by atoms with Crippen molar-refractivity contribution >= 4 is 11.7 Å². The minimum absolute atomic E-state index is 0.0640. The number of nitrogens with one attached hydrogen (secondary N) is 2. The standard InChI is InChI=1S/C12H17N3O2/c1-9-6-10(2-5-13-9)15-11(17)14-7-12(8-16)3-4-12/h2,5-6,16H,3-4,7-8H2,1H3,(H2,13,14,15,17). The van der Waals surface area contributed by atoms with Gasteiger partial charge in [0.05, 0.1) is 6.61 Å². The maximum atomic E-state index is 11.6. The second kappa shape index (κ2) is 4.71. The molecular weight excluding hydrogens is 218 g/mol. The number of pyridine rings is 1. The molecule has 3 N–H and O–H groups in total. The fourth-order valence-corrected chi connectivity index (χ4v) is 1.63. The van der Waals surface area contributed by atoms with Gasteiger partial charge in [-0.3, -0.25) is 4.98 Å². The number of amides is 2. The smallest absolute Gasteiger partial charge is 0.319 e. The Labute approximate surface area is 100 Å². The van der Waals surface area contributed by atoms with E-state index in [9.17, 15) is 4.79 Å². The van der Waals surface area contributed by atoms with Crippen LogP contribution >= 0.6 is 0 Å². The molecule has 5 nitrogen and oxygen atoms in total. The lowest BCUT2D eigenvalue weighted by Gasteiger charge is -2.13. The maximum Gasteiger partial charge on any atom is 0.319 e. The number of urea groups is 1. The molecule has 1 heterocycles. The highest BCUT2D eigenvalue weighted by Crippen LogP contribution is 2.44. The second-order valence-electron chi connectivity index (χ2n) is 4.65. The highest BCUT2D eigenvalue weighted by molar-refractivity contribution is 5.89. The Morgan fingerprint density at radius 3 is 2.94 bits per heavy atom. The fourth-order valence-electron chi connectivity index (χ4n) is 1.63. The molecule has 1 fully saturated rings. The van der Waals surface area contributed by atoms with Crippen molar-refractivity contribution in [3.05, 3.63) is 24.0 Å². The summed E-state index contributed by atoms with van der Waals surface area (Å²) in [5, 5.41) is 14.6. The molecule has 0 atom stereocenters. The third-order valence-corrected chi connectivity index (χ3v) is 3.07. The maximum absolute atomic E-state index is 11.6. The SMILES string of the molecule is Cc1cc(NC(=O)NCC2(CO)CC2)ccn1. The molecule has 0 spiro atoms. The lowest BCUT2D eigenvalue weighted by molar-refractivity contribution is 0.206. The predicted octanol–water partition coefficient (Wildman–Crippen LogP) is 1.28. The van der Waals surface area contributed by atoms with E-state index >= 15 is 0 Å². The van der Waals surface area contributed by atoms with E-state index in [1.165, 1.54) is 0 Å². The molecule has 1 aromatic heterocycles. The van der Waals surface area contributed by atoms with Gasteiger partial charge in [0.2, 0.25) is 0 Å². The predicted molar refractivity (Wildman–Crippen MR) is 64.7 cm³/mol. The van der Waals surface area contributed by atoms with Crippen molar-refractivity contribution in [1.29, 1.82) is 0 Å². The molecule has 1 saturated carbocycles. The van der Waals surface area contributed by atoms with Crippen molar-refractivity contribution in [2.24, 2.45) is 5.41 Å². The number of aliphatic hydroxyl groups is 1. The Hall–Kier alpha value is -1.62. The van der Waals surface area contributed by atoms with Crippen LogP contribution in [0.5, 0.6) is 0 Å². The Kier molecular flexibility index (Phi) is 3.28. The lowest BCUT2D eigenvalue weighted by Crippen LogP contribution is -2.35. The van der Waals surface area contributed by atoms with Crippen LogP contribution in [0.1, 0.15) is 18.5 Å². The van der Waals surface area contributed by atoms with E-state index in [-0.39, 0.29) is 18.1 Å². The Morgan fingerprint density at radius 2 is 2.35 bits per heavy atom. The summed E-state index contributed by atoms with van der Waals surface area (Å²) in [5.41, 5.74) is 1.52. The number of carbonyl (C=O) groups excluding carboxylic acids is 1. The summed E-state index contributed by atoms with van der Waals surface area (Å²) >= 11 is 0. The van der Waals surface area contributed by atoms with E-state index in [0.717, 1.165) is 24.2 Å². The normalized spacial score (nSPS) is 16.4. The zero-order valence-corrected chi connectivity index (χ0v) is 9.86. The summed E-state index contributed by atoms with van der Waals surface area (Å²) in [7, 11) is 0. The van der Waals surface area contributed by atoms with E-state index < -0.39 is 0 Å². The van der Waals surface area contributed by atoms with Crippen molar-refractivity contribution in [3.63, 3.8) is 0 Å². The molecule has 0 bridgehead atoms. The summed E-state index contributed by atoms with van der Waals surface area (Å²) in [6.45, 7) is 2.54. The summed E-state index contributed by atoms with van der Waals surface area (Å²) in [4.78, 5) is 15.6.